The summed E-state index contributed by atoms with van der Waals surface area (Å²) in [6.45, 7) is 1.61. The van der Waals surface area contributed by atoms with Gasteiger partial charge in [0.05, 0.1) is 19.9 Å². The summed E-state index contributed by atoms with van der Waals surface area (Å²) in [7, 11) is 3.05. The first kappa shape index (κ1) is 16.6. The van der Waals surface area contributed by atoms with Gasteiger partial charge >= 0.3 is 0 Å². The molecule has 6 heteroatoms. The van der Waals surface area contributed by atoms with Gasteiger partial charge in [0, 0.05) is 6.07 Å². The summed E-state index contributed by atoms with van der Waals surface area (Å²) in [6, 6.07) is 10.5. The van der Waals surface area contributed by atoms with Crippen LogP contribution in [0.3, 0.4) is 0 Å². The first-order valence-electron chi connectivity index (χ1n) is 6.98. The van der Waals surface area contributed by atoms with Crippen LogP contribution in [0.2, 0.25) is 0 Å². The standard InChI is InChI=1S/C17H18FNO4/c1-11(23-13-6-4-12(18)5-7-13)17(20)19-15-9-8-14(21-2)10-16(15)22-3/h4-11H,1-3H3,(H,19,20). The maximum Gasteiger partial charge on any atom is 0.265 e. The van der Waals surface area contributed by atoms with Crippen molar-refractivity contribution in [2.45, 2.75) is 13.0 Å². The van der Waals surface area contributed by atoms with Gasteiger partial charge < -0.3 is 19.5 Å². The molecule has 2 rings (SSSR count). The molecule has 0 bridgehead atoms. The Hall–Kier alpha value is -2.76. The van der Waals surface area contributed by atoms with Crippen molar-refractivity contribution in [1.29, 1.82) is 0 Å². The summed E-state index contributed by atoms with van der Waals surface area (Å²) >= 11 is 0. The van der Waals surface area contributed by atoms with Gasteiger partial charge in [0.25, 0.3) is 5.91 Å². The second-order valence-corrected chi connectivity index (χ2v) is 4.77. The fourth-order valence-corrected chi connectivity index (χ4v) is 1.91. The van der Waals surface area contributed by atoms with Gasteiger partial charge in [0.15, 0.2) is 6.10 Å². The Morgan fingerprint density at radius 2 is 1.70 bits per heavy atom. The Morgan fingerprint density at radius 1 is 1.04 bits per heavy atom. The summed E-state index contributed by atoms with van der Waals surface area (Å²) in [5, 5.41) is 2.73. The van der Waals surface area contributed by atoms with E-state index in [0.717, 1.165) is 0 Å². The third-order valence-corrected chi connectivity index (χ3v) is 3.16. The number of nitrogens with one attached hydrogen (secondary N) is 1. The summed E-state index contributed by atoms with van der Waals surface area (Å²) in [6.07, 6.45) is -0.757. The molecule has 0 saturated heterocycles. The zero-order valence-electron chi connectivity index (χ0n) is 13.1. The average molecular weight is 319 g/mol. The van der Waals surface area contributed by atoms with Crippen LogP contribution in [-0.4, -0.2) is 26.2 Å². The van der Waals surface area contributed by atoms with Crippen molar-refractivity contribution in [3.63, 3.8) is 0 Å². The largest absolute Gasteiger partial charge is 0.497 e. The van der Waals surface area contributed by atoms with Crippen LogP contribution in [0.1, 0.15) is 6.92 Å². The van der Waals surface area contributed by atoms with E-state index in [1.165, 1.54) is 31.4 Å². The van der Waals surface area contributed by atoms with Gasteiger partial charge in [-0.1, -0.05) is 0 Å². The van der Waals surface area contributed by atoms with Crippen molar-refractivity contribution in [2.75, 3.05) is 19.5 Å². The maximum absolute atomic E-state index is 12.9. The van der Waals surface area contributed by atoms with E-state index in [2.05, 4.69) is 5.32 Å². The number of methoxy groups -OCH3 is 2. The number of carbonyl (C=O) groups is 1. The first-order chi connectivity index (χ1) is 11.0. The van der Waals surface area contributed by atoms with Gasteiger partial charge in [-0.15, -0.1) is 0 Å². The third kappa shape index (κ3) is 4.35. The number of amides is 1. The van der Waals surface area contributed by atoms with Gasteiger partial charge in [-0.3, -0.25) is 4.79 Å². The molecule has 1 N–H and O–H groups in total. The Bertz CT molecular complexity index is 673. The molecule has 0 radical (unpaired) electrons. The predicted octanol–water partition coefficient (Wildman–Crippen LogP) is 3.25. The number of anilines is 1. The van der Waals surface area contributed by atoms with E-state index >= 15 is 0 Å². The zero-order chi connectivity index (χ0) is 16.8. The number of carbonyl (C=O) groups excluding carboxylic acids is 1. The Morgan fingerprint density at radius 3 is 2.30 bits per heavy atom. The Balaban J connectivity index is 2.04. The van der Waals surface area contributed by atoms with E-state index in [1.807, 2.05) is 0 Å². The highest BCUT2D eigenvalue weighted by molar-refractivity contribution is 5.95. The third-order valence-electron chi connectivity index (χ3n) is 3.16. The molecule has 122 valence electrons. The van der Waals surface area contributed by atoms with Crippen LogP contribution in [0.25, 0.3) is 0 Å². The number of halogens is 1. The lowest BCUT2D eigenvalue weighted by atomic mass is 10.2. The number of benzene rings is 2. The molecule has 0 fully saturated rings. The smallest absolute Gasteiger partial charge is 0.265 e. The lowest BCUT2D eigenvalue weighted by Crippen LogP contribution is -2.30. The monoisotopic (exact) mass is 319 g/mol. The van der Waals surface area contributed by atoms with Crippen molar-refractivity contribution >= 4 is 11.6 Å². The molecule has 5 nitrogen and oxygen atoms in total. The van der Waals surface area contributed by atoms with Gasteiger partial charge in [0.2, 0.25) is 0 Å². The van der Waals surface area contributed by atoms with Crippen molar-refractivity contribution in [3.8, 4) is 17.2 Å². The van der Waals surface area contributed by atoms with Crippen LogP contribution < -0.4 is 19.5 Å². The van der Waals surface area contributed by atoms with Crippen LogP contribution >= 0.6 is 0 Å². The Kier molecular flexibility index (Phi) is 5.41. The van der Waals surface area contributed by atoms with Crippen LogP contribution in [0.4, 0.5) is 10.1 Å². The Labute approximate surface area is 134 Å². The fourth-order valence-electron chi connectivity index (χ4n) is 1.91. The van der Waals surface area contributed by atoms with Gasteiger partial charge in [-0.25, -0.2) is 4.39 Å². The van der Waals surface area contributed by atoms with Crippen LogP contribution in [0.5, 0.6) is 17.2 Å². The van der Waals surface area contributed by atoms with Crippen molar-refractivity contribution in [1.82, 2.24) is 0 Å². The second kappa shape index (κ2) is 7.49. The highest BCUT2D eigenvalue weighted by atomic mass is 19.1. The summed E-state index contributed by atoms with van der Waals surface area (Å²) in [4.78, 5) is 12.2. The van der Waals surface area contributed by atoms with E-state index in [0.29, 0.717) is 22.9 Å². The van der Waals surface area contributed by atoms with Crippen molar-refractivity contribution < 1.29 is 23.4 Å². The van der Waals surface area contributed by atoms with Crippen LogP contribution in [-0.2, 0) is 4.79 Å². The number of hydrogen-bond acceptors (Lipinski definition) is 4. The molecule has 0 aromatic heterocycles. The number of rotatable bonds is 6. The molecule has 0 heterocycles. The molecule has 0 saturated carbocycles. The fraction of sp³-hybridized carbons (Fsp3) is 0.235. The van der Waals surface area contributed by atoms with E-state index in [-0.39, 0.29) is 11.7 Å². The van der Waals surface area contributed by atoms with E-state index in [9.17, 15) is 9.18 Å². The normalized spacial score (nSPS) is 11.5. The lowest BCUT2D eigenvalue weighted by Gasteiger charge is -2.16. The second-order valence-electron chi connectivity index (χ2n) is 4.77. The topological polar surface area (TPSA) is 56.8 Å². The molecule has 0 aliphatic heterocycles. The van der Waals surface area contributed by atoms with Gasteiger partial charge in [-0.2, -0.15) is 0 Å². The molecule has 1 unspecified atom stereocenters. The predicted molar refractivity (Wildman–Crippen MR) is 84.7 cm³/mol. The maximum atomic E-state index is 12.9. The lowest BCUT2D eigenvalue weighted by molar-refractivity contribution is -0.122. The minimum absolute atomic E-state index is 0.349. The van der Waals surface area contributed by atoms with Gasteiger partial charge in [0.1, 0.15) is 23.1 Å². The van der Waals surface area contributed by atoms with Crippen LogP contribution in [0, 0.1) is 5.82 Å². The summed E-state index contributed by atoms with van der Waals surface area (Å²) < 4.78 is 28.7. The van der Waals surface area contributed by atoms with Crippen molar-refractivity contribution in [3.05, 3.63) is 48.3 Å². The van der Waals surface area contributed by atoms with Gasteiger partial charge in [-0.05, 0) is 43.3 Å². The molecular formula is C17H18FNO4. The minimum atomic E-state index is -0.757. The molecule has 0 aliphatic rings. The summed E-state index contributed by atoms with van der Waals surface area (Å²) in [5.74, 6) is 0.799. The molecule has 2 aromatic rings. The van der Waals surface area contributed by atoms with Crippen molar-refractivity contribution in [2.24, 2.45) is 0 Å². The minimum Gasteiger partial charge on any atom is -0.497 e. The SMILES string of the molecule is COc1ccc(NC(=O)C(C)Oc2ccc(F)cc2)c(OC)c1. The zero-order valence-corrected chi connectivity index (χ0v) is 13.1. The van der Waals surface area contributed by atoms with E-state index in [1.54, 1.807) is 32.2 Å². The average Bonchev–Trinajstić information content (AvgIpc) is 2.57. The molecular weight excluding hydrogens is 301 g/mol. The number of hydrogen-bond donors (Lipinski definition) is 1. The van der Waals surface area contributed by atoms with E-state index in [4.69, 9.17) is 14.2 Å². The molecule has 1 amide bonds. The molecule has 23 heavy (non-hydrogen) atoms. The summed E-state index contributed by atoms with van der Waals surface area (Å²) in [5.41, 5.74) is 0.507. The molecule has 0 spiro atoms. The highest BCUT2D eigenvalue weighted by Crippen LogP contribution is 2.29. The van der Waals surface area contributed by atoms with Crippen LogP contribution in [0.15, 0.2) is 42.5 Å². The highest BCUT2D eigenvalue weighted by Gasteiger charge is 2.17. The first-order valence-corrected chi connectivity index (χ1v) is 6.98. The molecule has 0 aliphatic carbocycles. The van der Waals surface area contributed by atoms with E-state index < -0.39 is 6.10 Å². The number of ether oxygens (including phenoxy) is 3. The molecule has 2 aromatic carbocycles. The quantitative estimate of drug-likeness (QED) is 0.888. The molecule has 1 atom stereocenters.